The number of rotatable bonds is 3. The topological polar surface area (TPSA) is 17.1 Å². The summed E-state index contributed by atoms with van der Waals surface area (Å²) in [7, 11) is 0.0544. The molecule has 3 heteroatoms. The molecule has 0 radical (unpaired) electrons. The van der Waals surface area contributed by atoms with Crippen LogP contribution in [0.15, 0.2) is 91.0 Å². The molecule has 0 amide bonds. The number of hydrogen-bond donors (Lipinski definition) is 0. The molecule has 128 valence electrons. The molecule has 0 saturated heterocycles. The molecule has 1 aromatic heterocycles. The molecule has 0 spiro atoms. The molecule has 5 rings (SSSR count). The standard InChI is InChI=1S/C24H15OPS/c25-26-22-15-23(20-13-5-9-16-7-1-3-11-18(16)20)27-24(22)21-14-6-10-17-8-2-4-12-19(17)21/h1-15H. The monoisotopic (exact) mass is 382 g/mol. The minimum absolute atomic E-state index is 0.0544. The van der Waals surface area contributed by atoms with Crippen molar-refractivity contribution in [2.45, 2.75) is 0 Å². The SMILES string of the molecule is O=Pc1cc(-c2cccc3ccccc23)sc1-c1cccc2ccccc12. The van der Waals surface area contributed by atoms with Gasteiger partial charge in [-0.1, -0.05) is 84.9 Å². The van der Waals surface area contributed by atoms with Crippen LogP contribution in [0.2, 0.25) is 0 Å². The van der Waals surface area contributed by atoms with Gasteiger partial charge in [0.25, 0.3) is 0 Å². The van der Waals surface area contributed by atoms with Crippen molar-refractivity contribution in [1.82, 2.24) is 0 Å². The van der Waals surface area contributed by atoms with E-state index in [0.29, 0.717) is 0 Å². The van der Waals surface area contributed by atoms with E-state index in [4.69, 9.17) is 0 Å². The second-order valence-electron chi connectivity index (χ2n) is 6.47. The van der Waals surface area contributed by atoms with Crippen molar-refractivity contribution in [3.05, 3.63) is 91.0 Å². The van der Waals surface area contributed by atoms with E-state index >= 15 is 0 Å². The first-order valence-corrected chi connectivity index (χ1v) is 10.4. The Bertz CT molecular complexity index is 1290. The summed E-state index contributed by atoms with van der Waals surface area (Å²) in [6.45, 7) is 0. The van der Waals surface area contributed by atoms with Gasteiger partial charge in [0.1, 0.15) is 0 Å². The Kier molecular flexibility index (Phi) is 4.09. The summed E-state index contributed by atoms with van der Waals surface area (Å²) >= 11 is 1.71. The Morgan fingerprint density at radius 1 is 0.630 bits per heavy atom. The Morgan fingerprint density at radius 3 is 1.85 bits per heavy atom. The smallest absolute Gasteiger partial charge is 0.193 e. The highest BCUT2D eigenvalue weighted by Crippen LogP contribution is 2.40. The average Bonchev–Trinajstić information content (AvgIpc) is 3.17. The molecular formula is C24H15OPS. The molecule has 0 saturated carbocycles. The van der Waals surface area contributed by atoms with E-state index in [1.165, 1.54) is 27.1 Å². The van der Waals surface area contributed by atoms with Crippen LogP contribution in [-0.4, -0.2) is 0 Å². The summed E-state index contributed by atoms with van der Waals surface area (Å²) in [4.78, 5) is 2.22. The Morgan fingerprint density at radius 2 is 1.19 bits per heavy atom. The first kappa shape index (κ1) is 16.4. The molecule has 4 aromatic carbocycles. The quantitative estimate of drug-likeness (QED) is 0.299. The molecule has 0 atom stereocenters. The largest absolute Gasteiger partial charge is 0.269 e. The van der Waals surface area contributed by atoms with Gasteiger partial charge < -0.3 is 0 Å². The third-order valence-corrected chi connectivity index (χ3v) is 6.80. The Labute approximate surface area is 163 Å². The minimum Gasteiger partial charge on any atom is -0.269 e. The Balaban J connectivity index is 1.76. The van der Waals surface area contributed by atoms with Crippen molar-refractivity contribution < 1.29 is 4.57 Å². The summed E-state index contributed by atoms with van der Waals surface area (Å²) < 4.78 is 11.9. The maximum absolute atomic E-state index is 11.9. The number of fused-ring (bicyclic) bond motifs is 2. The van der Waals surface area contributed by atoms with Crippen LogP contribution in [0, 0.1) is 0 Å². The van der Waals surface area contributed by atoms with Crippen LogP contribution in [-0.2, 0) is 4.57 Å². The molecule has 0 fully saturated rings. The van der Waals surface area contributed by atoms with Gasteiger partial charge in [-0.3, -0.25) is 4.57 Å². The zero-order valence-corrected chi connectivity index (χ0v) is 16.1. The maximum atomic E-state index is 11.9. The van der Waals surface area contributed by atoms with Crippen LogP contribution >= 0.6 is 19.8 Å². The zero-order valence-electron chi connectivity index (χ0n) is 14.4. The van der Waals surface area contributed by atoms with E-state index in [0.717, 1.165) is 20.6 Å². The van der Waals surface area contributed by atoms with Gasteiger partial charge in [0.2, 0.25) is 0 Å². The third kappa shape index (κ3) is 2.78. The fraction of sp³-hybridized carbons (Fsp3) is 0. The van der Waals surface area contributed by atoms with Crippen LogP contribution in [0.3, 0.4) is 0 Å². The maximum Gasteiger partial charge on any atom is 0.193 e. The fourth-order valence-corrected chi connectivity index (χ4v) is 5.50. The second-order valence-corrected chi connectivity index (χ2v) is 8.19. The lowest BCUT2D eigenvalue weighted by atomic mass is 10.0. The van der Waals surface area contributed by atoms with E-state index in [1.54, 1.807) is 11.3 Å². The summed E-state index contributed by atoms with van der Waals surface area (Å²) in [5.41, 5.74) is 2.33. The molecule has 1 nitrogen and oxygen atoms in total. The van der Waals surface area contributed by atoms with Gasteiger partial charge in [0, 0.05) is 10.4 Å². The molecule has 0 aliphatic rings. The molecule has 0 bridgehead atoms. The normalized spacial score (nSPS) is 11.4. The van der Waals surface area contributed by atoms with Crippen LogP contribution in [0.1, 0.15) is 0 Å². The highest BCUT2D eigenvalue weighted by atomic mass is 32.1. The fourth-order valence-electron chi connectivity index (χ4n) is 3.64. The molecule has 1 heterocycles. The van der Waals surface area contributed by atoms with Gasteiger partial charge in [-0.15, -0.1) is 11.3 Å². The van der Waals surface area contributed by atoms with E-state index in [9.17, 15) is 4.57 Å². The van der Waals surface area contributed by atoms with Gasteiger partial charge in [-0.05, 0) is 33.2 Å². The van der Waals surface area contributed by atoms with Crippen molar-refractivity contribution in [3.63, 3.8) is 0 Å². The van der Waals surface area contributed by atoms with E-state index < -0.39 is 0 Å². The summed E-state index contributed by atoms with van der Waals surface area (Å²) in [6, 6.07) is 31.5. The van der Waals surface area contributed by atoms with Crippen molar-refractivity contribution in [2.24, 2.45) is 0 Å². The van der Waals surface area contributed by atoms with Crippen molar-refractivity contribution in [2.75, 3.05) is 0 Å². The van der Waals surface area contributed by atoms with Gasteiger partial charge in [0.15, 0.2) is 8.46 Å². The summed E-state index contributed by atoms with van der Waals surface area (Å²) in [5.74, 6) is 0. The van der Waals surface area contributed by atoms with Crippen molar-refractivity contribution in [3.8, 4) is 20.9 Å². The predicted octanol–water partition coefficient (Wildman–Crippen LogP) is 7.31. The first-order chi connectivity index (χ1) is 13.3. The molecule has 5 aromatic rings. The average molecular weight is 382 g/mol. The van der Waals surface area contributed by atoms with Gasteiger partial charge in [-0.2, -0.15) is 0 Å². The highest BCUT2D eigenvalue weighted by molar-refractivity contribution is 7.37. The van der Waals surface area contributed by atoms with Gasteiger partial charge >= 0.3 is 0 Å². The van der Waals surface area contributed by atoms with Crippen molar-refractivity contribution >= 4 is 46.6 Å². The highest BCUT2D eigenvalue weighted by Gasteiger charge is 2.16. The van der Waals surface area contributed by atoms with E-state index in [-0.39, 0.29) is 8.46 Å². The number of thiophene rings is 1. The van der Waals surface area contributed by atoms with Crippen LogP contribution in [0.5, 0.6) is 0 Å². The van der Waals surface area contributed by atoms with Gasteiger partial charge in [0.05, 0.1) is 10.2 Å². The zero-order chi connectivity index (χ0) is 18.2. The second kappa shape index (κ2) is 6.74. The van der Waals surface area contributed by atoms with Crippen LogP contribution in [0.4, 0.5) is 0 Å². The van der Waals surface area contributed by atoms with Crippen LogP contribution < -0.4 is 5.30 Å². The molecule has 0 aliphatic heterocycles. The molecule has 0 aliphatic carbocycles. The number of benzene rings is 4. The number of hydrogen-bond acceptors (Lipinski definition) is 2. The molecule has 0 unspecified atom stereocenters. The van der Waals surface area contributed by atoms with E-state index in [2.05, 4.69) is 91.0 Å². The Hall–Kier alpha value is -2.80. The predicted molar refractivity (Wildman–Crippen MR) is 117 cm³/mol. The summed E-state index contributed by atoms with van der Waals surface area (Å²) in [6.07, 6.45) is 0. The van der Waals surface area contributed by atoms with Gasteiger partial charge in [-0.25, -0.2) is 0 Å². The molecule has 0 N–H and O–H groups in total. The first-order valence-electron chi connectivity index (χ1n) is 8.78. The molecule has 27 heavy (non-hydrogen) atoms. The van der Waals surface area contributed by atoms with E-state index in [1.807, 2.05) is 0 Å². The lowest BCUT2D eigenvalue weighted by Crippen LogP contribution is -1.91. The minimum atomic E-state index is 0.0544. The lowest BCUT2D eigenvalue weighted by Gasteiger charge is -2.06. The van der Waals surface area contributed by atoms with Crippen LogP contribution in [0.25, 0.3) is 42.4 Å². The molecular weight excluding hydrogens is 367 g/mol. The van der Waals surface area contributed by atoms with Crippen molar-refractivity contribution in [1.29, 1.82) is 0 Å². The third-order valence-electron chi connectivity index (χ3n) is 4.90. The lowest BCUT2D eigenvalue weighted by molar-refractivity contribution is 0.603. The summed E-state index contributed by atoms with van der Waals surface area (Å²) in [5, 5.41) is 5.68.